The van der Waals surface area contributed by atoms with Crippen LogP contribution in [0.5, 0.6) is 0 Å². The van der Waals surface area contributed by atoms with Gasteiger partial charge in [0.1, 0.15) is 0 Å². The van der Waals surface area contributed by atoms with Gasteiger partial charge < -0.3 is 5.32 Å². The summed E-state index contributed by atoms with van der Waals surface area (Å²) in [6.45, 7) is 3.24. The molecule has 2 N–H and O–H groups in total. The van der Waals surface area contributed by atoms with Crippen molar-refractivity contribution in [3.8, 4) is 0 Å². The molecule has 102 valence electrons. The maximum absolute atomic E-state index is 11.8. The summed E-state index contributed by atoms with van der Waals surface area (Å²) in [7, 11) is -1.33. The molecule has 18 heavy (non-hydrogen) atoms. The molecule has 0 saturated heterocycles. The second-order valence-electron chi connectivity index (χ2n) is 4.44. The summed E-state index contributed by atoms with van der Waals surface area (Å²) in [5, 5.41) is 2.99. The average Bonchev–Trinajstić information content (AvgIpc) is 2.35. The zero-order valence-electron chi connectivity index (χ0n) is 11.0. The summed E-state index contributed by atoms with van der Waals surface area (Å²) in [6, 6.07) is 9.71. The summed E-state index contributed by atoms with van der Waals surface area (Å²) >= 11 is 0. The van der Waals surface area contributed by atoms with Gasteiger partial charge in [-0.15, -0.1) is 0 Å². The number of hydrogen-bond donors (Lipinski definition) is 2. The Morgan fingerprint density at radius 1 is 1.17 bits per heavy atom. The van der Waals surface area contributed by atoms with Crippen LogP contribution in [0, 0.1) is 0 Å². The molecule has 1 unspecified atom stereocenters. The molecule has 1 aromatic rings. The summed E-state index contributed by atoms with van der Waals surface area (Å²) in [5.41, 5.74) is 1.05. The molecule has 0 aromatic heterocycles. The highest BCUT2D eigenvalue weighted by Gasteiger charge is 2.16. The van der Waals surface area contributed by atoms with Crippen LogP contribution in [0.1, 0.15) is 24.8 Å². The zero-order valence-corrected chi connectivity index (χ0v) is 11.8. The zero-order chi connectivity index (χ0) is 13.4. The molecule has 1 aromatic carbocycles. The molecule has 0 aliphatic rings. The van der Waals surface area contributed by atoms with Crippen molar-refractivity contribution in [3.63, 3.8) is 0 Å². The first-order valence-electron chi connectivity index (χ1n) is 6.22. The van der Waals surface area contributed by atoms with Gasteiger partial charge in [-0.3, -0.25) is 0 Å². The molecule has 0 spiro atoms. The van der Waals surface area contributed by atoms with E-state index in [0.29, 0.717) is 6.54 Å². The van der Waals surface area contributed by atoms with Gasteiger partial charge in [-0.1, -0.05) is 37.3 Å². The lowest BCUT2D eigenvalue weighted by Crippen LogP contribution is -2.30. The van der Waals surface area contributed by atoms with Gasteiger partial charge in [-0.2, -0.15) is 0 Å². The maximum atomic E-state index is 11.8. The van der Waals surface area contributed by atoms with E-state index in [1.807, 2.05) is 44.3 Å². The van der Waals surface area contributed by atoms with Crippen LogP contribution < -0.4 is 10.0 Å². The monoisotopic (exact) mass is 270 g/mol. The molecule has 0 fully saturated rings. The normalized spacial score (nSPS) is 13.4. The van der Waals surface area contributed by atoms with E-state index in [-0.39, 0.29) is 11.7 Å². The quantitative estimate of drug-likeness (QED) is 0.700. The van der Waals surface area contributed by atoms with Crippen LogP contribution in [0.15, 0.2) is 30.3 Å². The molecule has 0 aliphatic heterocycles. The van der Waals surface area contributed by atoms with E-state index in [9.17, 15) is 8.42 Å². The predicted molar refractivity (Wildman–Crippen MR) is 75.2 cm³/mol. The highest BCUT2D eigenvalue weighted by molar-refractivity contribution is 7.89. The van der Waals surface area contributed by atoms with Gasteiger partial charge in [0.15, 0.2) is 0 Å². The highest BCUT2D eigenvalue weighted by Crippen LogP contribution is 2.16. The summed E-state index contributed by atoms with van der Waals surface area (Å²) in [4.78, 5) is 0. The van der Waals surface area contributed by atoms with E-state index in [0.717, 1.165) is 18.5 Å². The lowest BCUT2D eigenvalue weighted by Gasteiger charge is -2.13. The topological polar surface area (TPSA) is 58.2 Å². The smallest absolute Gasteiger partial charge is 0.212 e. The number of sulfonamides is 1. The molecule has 0 saturated carbocycles. The number of rotatable bonds is 8. The fraction of sp³-hybridized carbons (Fsp3) is 0.538. The predicted octanol–water partition coefficient (Wildman–Crippen LogP) is 1.32. The lowest BCUT2D eigenvalue weighted by atomic mass is 10.0. The Labute approximate surface area is 110 Å². The Bertz CT molecular complexity index is 432. The summed E-state index contributed by atoms with van der Waals surface area (Å²) in [5.74, 6) is 0.143. The van der Waals surface area contributed by atoms with E-state index in [2.05, 4.69) is 10.0 Å². The van der Waals surface area contributed by atoms with Crippen molar-refractivity contribution in [1.29, 1.82) is 0 Å². The van der Waals surface area contributed by atoms with Gasteiger partial charge in [0.05, 0.1) is 5.75 Å². The third-order valence-corrected chi connectivity index (χ3v) is 4.35. The first-order valence-corrected chi connectivity index (χ1v) is 7.87. The molecule has 0 heterocycles. The third-order valence-electron chi connectivity index (χ3n) is 2.76. The molecule has 5 heteroatoms. The Balaban J connectivity index is 2.45. The molecule has 0 aliphatic carbocycles. The van der Waals surface area contributed by atoms with Crippen molar-refractivity contribution in [2.75, 3.05) is 25.9 Å². The molecular formula is C13H22N2O2S. The Hall–Kier alpha value is -0.910. The van der Waals surface area contributed by atoms with Gasteiger partial charge in [0, 0.05) is 6.54 Å². The Morgan fingerprint density at radius 2 is 1.83 bits per heavy atom. The first kappa shape index (κ1) is 15.1. The van der Waals surface area contributed by atoms with Gasteiger partial charge in [-0.25, -0.2) is 13.1 Å². The standard InChI is InChI=1S/C13H22N2O2S/c1-12(13-7-4-3-5-8-13)11-18(16,17)15-10-6-9-14-2/h3-5,7-8,12,14-15H,6,9-11H2,1-2H3. The van der Waals surface area contributed by atoms with Crippen molar-refractivity contribution in [2.24, 2.45) is 0 Å². The molecular weight excluding hydrogens is 248 g/mol. The van der Waals surface area contributed by atoms with Crippen LogP contribution in [0.2, 0.25) is 0 Å². The van der Waals surface area contributed by atoms with Crippen LogP contribution in [-0.4, -0.2) is 34.3 Å². The van der Waals surface area contributed by atoms with E-state index in [4.69, 9.17) is 0 Å². The third kappa shape index (κ3) is 5.62. The second kappa shape index (κ2) is 7.51. The molecule has 0 radical (unpaired) electrons. The molecule has 1 atom stereocenters. The van der Waals surface area contributed by atoms with E-state index in [1.54, 1.807) is 0 Å². The van der Waals surface area contributed by atoms with Crippen LogP contribution in [-0.2, 0) is 10.0 Å². The average molecular weight is 270 g/mol. The Kier molecular flexibility index (Phi) is 6.32. The summed E-state index contributed by atoms with van der Waals surface area (Å²) < 4.78 is 26.3. The van der Waals surface area contributed by atoms with Crippen molar-refractivity contribution >= 4 is 10.0 Å². The van der Waals surface area contributed by atoms with Gasteiger partial charge >= 0.3 is 0 Å². The van der Waals surface area contributed by atoms with Gasteiger partial charge in [0.2, 0.25) is 10.0 Å². The lowest BCUT2D eigenvalue weighted by molar-refractivity contribution is 0.572. The van der Waals surface area contributed by atoms with E-state index < -0.39 is 10.0 Å². The SMILES string of the molecule is CNCCCNS(=O)(=O)CC(C)c1ccccc1. The molecule has 1 rings (SSSR count). The van der Waals surface area contributed by atoms with Crippen LogP contribution in [0.4, 0.5) is 0 Å². The minimum atomic E-state index is -3.19. The van der Waals surface area contributed by atoms with Crippen molar-refractivity contribution in [2.45, 2.75) is 19.3 Å². The van der Waals surface area contributed by atoms with Crippen LogP contribution in [0.3, 0.4) is 0 Å². The molecule has 4 nitrogen and oxygen atoms in total. The largest absolute Gasteiger partial charge is 0.320 e. The molecule has 0 bridgehead atoms. The fourth-order valence-electron chi connectivity index (χ4n) is 1.76. The van der Waals surface area contributed by atoms with Crippen molar-refractivity contribution in [1.82, 2.24) is 10.0 Å². The maximum Gasteiger partial charge on any atom is 0.212 e. The number of hydrogen-bond acceptors (Lipinski definition) is 3. The van der Waals surface area contributed by atoms with Crippen molar-refractivity contribution in [3.05, 3.63) is 35.9 Å². The number of nitrogens with one attached hydrogen (secondary N) is 2. The van der Waals surface area contributed by atoms with Crippen LogP contribution in [0.25, 0.3) is 0 Å². The number of benzene rings is 1. The minimum Gasteiger partial charge on any atom is -0.320 e. The van der Waals surface area contributed by atoms with Gasteiger partial charge in [0.25, 0.3) is 0 Å². The van der Waals surface area contributed by atoms with E-state index in [1.165, 1.54) is 0 Å². The first-order chi connectivity index (χ1) is 8.55. The second-order valence-corrected chi connectivity index (χ2v) is 6.30. The summed E-state index contributed by atoms with van der Waals surface area (Å²) in [6.07, 6.45) is 0.801. The fourth-order valence-corrected chi connectivity index (χ4v) is 3.18. The Morgan fingerprint density at radius 3 is 2.44 bits per heavy atom. The van der Waals surface area contributed by atoms with E-state index >= 15 is 0 Å². The van der Waals surface area contributed by atoms with Gasteiger partial charge in [-0.05, 0) is 31.5 Å². The highest BCUT2D eigenvalue weighted by atomic mass is 32.2. The minimum absolute atomic E-state index is 0.00741. The molecule has 0 amide bonds. The van der Waals surface area contributed by atoms with Crippen LogP contribution >= 0.6 is 0 Å². The van der Waals surface area contributed by atoms with Crippen molar-refractivity contribution < 1.29 is 8.42 Å².